The number of aryl methyl sites for hydroxylation is 1. The zero-order valence-electron chi connectivity index (χ0n) is 17.4. The van der Waals surface area contributed by atoms with Gasteiger partial charge in [-0.3, -0.25) is 9.69 Å². The molecule has 1 aliphatic heterocycles. The highest BCUT2D eigenvalue weighted by molar-refractivity contribution is 7.17. The smallest absolute Gasteiger partial charge is 0.341 e. The first-order valence-corrected chi connectivity index (χ1v) is 11.1. The van der Waals surface area contributed by atoms with Gasteiger partial charge in [-0.1, -0.05) is 12.1 Å². The summed E-state index contributed by atoms with van der Waals surface area (Å²) in [5, 5.41) is 3.60. The molecule has 1 N–H and O–H groups in total. The first-order valence-electron chi connectivity index (χ1n) is 10.2. The fourth-order valence-corrected chi connectivity index (χ4v) is 5.51. The van der Waals surface area contributed by atoms with Crippen LogP contribution in [0, 0.1) is 0 Å². The minimum atomic E-state index is -0.366. The molecule has 1 aliphatic carbocycles. The van der Waals surface area contributed by atoms with Gasteiger partial charge in [-0.05, 0) is 37.0 Å². The molecule has 2 heterocycles. The molecule has 0 unspecified atom stereocenters. The Labute approximate surface area is 180 Å². The SMILES string of the molecule is COC(=O)c1c(NC(=O)CN2CCN(c3ccccc3OC)CC2)sc2c1CCC2. The molecule has 1 fully saturated rings. The summed E-state index contributed by atoms with van der Waals surface area (Å²) in [5.41, 5.74) is 2.68. The molecule has 160 valence electrons. The Balaban J connectivity index is 1.36. The zero-order chi connectivity index (χ0) is 21.1. The van der Waals surface area contributed by atoms with Gasteiger partial charge in [-0.25, -0.2) is 4.79 Å². The van der Waals surface area contributed by atoms with E-state index >= 15 is 0 Å². The second kappa shape index (κ2) is 9.06. The van der Waals surface area contributed by atoms with Crippen LogP contribution in [0.5, 0.6) is 5.75 Å². The van der Waals surface area contributed by atoms with E-state index in [1.54, 1.807) is 7.11 Å². The summed E-state index contributed by atoms with van der Waals surface area (Å²) in [6, 6.07) is 8.00. The lowest BCUT2D eigenvalue weighted by atomic mass is 10.1. The van der Waals surface area contributed by atoms with Crippen LogP contribution < -0.4 is 15.0 Å². The molecule has 1 aromatic heterocycles. The maximum atomic E-state index is 12.7. The van der Waals surface area contributed by atoms with Gasteiger partial charge in [0.25, 0.3) is 0 Å². The van der Waals surface area contributed by atoms with Crippen LogP contribution in [0.1, 0.15) is 27.2 Å². The maximum absolute atomic E-state index is 12.7. The summed E-state index contributed by atoms with van der Waals surface area (Å²) in [6.45, 7) is 3.54. The Morgan fingerprint density at radius 3 is 2.60 bits per heavy atom. The number of ether oxygens (including phenoxy) is 2. The second-order valence-electron chi connectivity index (χ2n) is 7.54. The van der Waals surface area contributed by atoms with Crippen LogP contribution in [0.15, 0.2) is 24.3 Å². The number of methoxy groups -OCH3 is 2. The molecular formula is C22H27N3O4S. The fraction of sp³-hybridized carbons (Fsp3) is 0.455. The summed E-state index contributed by atoms with van der Waals surface area (Å²) < 4.78 is 10.4. The number of esters is 1. The molecule has 0 atom stereocenters. The number of rotatable bonds is 6. The van der Waals surface area contributed by atoms with Crippen LogP contribution in [0.25, 0.3) is 0 Å². The third-order valence-corrected chi connectivity index (χ3v) is 6.94. The molecule has 0 bridgehead atoms. The molecule has 2 aliphatic rings. The molecule has 8 heteroatoms. The van der Waals surface area contributed by atoms with E-state index in [9.17, 15) is 9.59 Å². The van der Waals surface area contributed by atoms with Gasteiger partial charge >= 0.3 is 5.97 Å². The van der Waals surface area contributed by atoms with Gasteiger partial charge in [0.05, 0.1) is 32.0 Å². The Kier molecular flexibility index (Phi) is 6.24. The molecule has 30 heavy (non-hydrogen) atoms. The van der Waals surface area contributed by atoms with Crippen molar-refractivity contribution in [2.24, 2.45) is 0 Å². The van der Waals surface area contributed by atoms with E-state index in [-0.39, 0.29) is 11.9 Å². The van der Waals surface area contributed by atoms with E-state index in [2.05, 4.69) is 21.2 Å². The van der Waals surface area contributed by atoms with Crippen LogP contribution in [0.4, 0.5) is 10.7 Å². The van der Waals surface area contributed by atoms with Crippen molar-refractivity contribution in [3.63, 3.8) is 0 Å². The number of amides is 1. The number of carbonyl (C=O) groups is 2. The molecule has 0 radical (unpaired) electrons. The van der Waals surface area contributed by atoms with E-state index in [0.717, 1.165) is 62.4 Å². The van der Waals surface area contributed by atoms with E-state index in [1.807, 2.05) is 18.2 Å². The van der Waals surface area contributed by atoms with Gasteiger partial charge in [0.15, 0.2) is 0 Å². The van der Waals surface area contributed by atoms with E-state index in [0.29, 0.717) is 17.1 Å². The molecule has 1 aromatic carbocycles. The Bertz CT molecular complexity index is 934. The fourth-order valence-electron chi connectivity index (χ4n) is 4.22. The Hall–Kier alpha value is -2.58. The molecule has 4 rings (SSSR count). The Morgan fingerprint density at radius 2 is 1.87 bits per heavy atom. The first kappa shape index (κ1) is 20.7. The van der Waals surface area contributed by atoms with Gasteiger partial charge in [0.2, 0.25) is 5.91 Å². The second-order valence-corrected chi connectivity index (χ2v) is 8.64. The third kappa shape index (κ3) is 4.15. The molecule has 0 saturated carbocycles. The van der Waals surface area contributed by atoms with E-state index < -0.39 is 0 Å². The summed E-state index contributed by atoms with van der Waals surface area (Å²) >= 11 is 1.51. The number of thiophene rings is 1. The number of piperazine rings is 1. The predicted molar refractivity (Wildman–Crippen MR) is 118 cm³/mol. The monoisotopic (exact) mass is 429 g/mol. The number of benzene rings is 1. The number of hydrogen-bond acceptors (Lipinski definition) is 7. The van der Waals surface area contributed by atoms with Crippen LogP contribution in [0.3, 0.4) is 0 Å². The lowest BCUT2D eigenvalue weighted by molar-refractivity contribution is -0.117. The summed E-state index contributed by atoms with van der Waals surface area (Å²) in [7, 11) is 3.07. The van der Waals surface area contributed by atoms with Crippen molar-refractivity contribution >= 4 is 33.9 Å². The molecule has 1 amide bonds. The van der Waals surface area contributed by atoms with Crippen molar-refractivity contribution in [1.29, 1.82) is 0 Å². The molecule has 2 aromatic rings. The number of carbonyl (C=O) groups excluding carboxylic acids is 2. The highest BCUT2D eigenvalue weighted by atomic mass is 32.1. The number of fused-ring (bicyclic) bond motifs is 1. The average molecular weight is 430 g/mol. The van der Waals surface area contributed by atoms with Crippen LogP contribution in [-0.4, -0.2) is 63.7 Å². The van der Waals surface area contributed by atoms with Crippen LogP contribution >= 0.6 is 11.3 Å². The van der Waals surface area contributed by atoms with Gasteiger partial charge in [0.1, 0.15) is 10.8 Å². The summed E-state index contributed by atoms with van der Waals surface area (Å²) in [5.74, 6) is 0.408. The molecular weight excluding hydrogens is 402 g/mol. The minimum absolute atomic E-state index is 0.0918. The quantitative estimate of drug-likeness (QED) is 0.712. The zero-order valence-corrected chi connectivity index (χ0v) is 18.2. The van der Waals surface area contributed by atoms with Crippen LogP contribution in [-0.2, 0) is 22.4 Å². The number of para-hydroxylation sites is 2. The lowest BCUT2D eigenvalue weighted by Crippen LogP contribution is -2.48. The molecule has 1 saturated heterocycles. The van der Waals surface area contributed by atoms with Gasteiger partial charge < -0.3 is 19.7 Å². The van der Waals surface area contributed by atoms with Gasteiger partial charge in [0, 0.05) is 31.1 Å². The highest BCUT2D eigenvalue weighted by Gasteiger charge is 2.28. The normalized spacial score (nSPS) is 16.3. The number of hydrogen-bond donors (Lipinski definition) is 1. The van der Waals surface area contributed by atoms with E-state index in [1.165, 1.54) is 23.3 Å². The number of anilines is 2. The topological polar surface area (TPSA) is 71.1 Å². The molecule has 7 nitrogen and oxygen atoms in total. The summed E-state index contributed by atoms with van der Waals surface area (Å²) in [6.07, 6.45) is 2.89. The van der Waals surface area contributed by atoms with Crippen molar-refractivity contribution in [1.82, 2.24) is 4.90 Å². The molecule has 0 spiro atoms. The van der Waals surface area contributed by atoms with Crippen LogP contribution in [0.2, 0.25) is 0 Å². The largest absolute Gasteiger partial charge is 0.495 e. The first-order chi connectivity index (χ1) is 14.6. The lowest BCUT2D eigenvalue weighted by Gasteiger charge is -2.36. The maximum Gasteiger partial charge on any atom is 0.341 e. The van der Waals surface area contributed by atoms with Crippen molar-refractivity contribution in [2.75, 3.05) is 57.2 Å². The van der Waals surface area contributed by atoms with Crippen molar-refractivity contribution in [2.45, 2.75) is 19.3 Å². The Morgan fingerprint density at radius 1 is 1.10 bits per heavy atom. The number of nitrogens with one attached hydrogen (secondary N) is 1. The van der Waals surface area contributed by atoms with E-state index in [4.69, 9.17) is 9.47 Å². The van der Waals surface area contributed by atoms with Crippen molar-refractivity contribution < 1.29 is 19.1 Å². The average Bonchev–Trinajstić information content (AvgIpc) is 3.34. The third-order valence-electron chi connectivity index (χ3n) is 5.73. The van der Waals surface area contributed by atoms with Gasteiger partial charge in [-0.2, -0.15) is 0 Å². The van der Waals surface area contributed by atoms with Crippen molar-refractivity contribution in [3.8, 4) is 5.75 Å². The minimum Gasteiger partial charge on any atom is -0.495 e. The predicted octanol–water partition coefficient (Wildman–Crippen LogP) is 2.79. The highest BCUT2D eigenvalue weighted by Crippen LogP contribution is 2.39. The van der Waals surface area contributed by atoms with Gasteiger partial charge in [-0.15, -0.1) is 11.3 Å². The van der Waals surface area contributed by atoms with Crippen molar-refractivity contribution in [3.05, 3.63) is 40.3 Å². The summed E-state index contributed by atoms with van der Waals surface area (Å²) in [4.78, 5) is 30.6. The standard InChI is InChI=1S/C22H27N3O4S/c1-28-17-8-4-3-7-16(17)25-12-10-24(11-13-25)14-19(26)23-21-20(22(27)29-2)15-6-5-9-18(15)30-21/h3-4,7-8H,5-6,9-14H2,1-2H3,(H,23,26). The number of nitrogens with zero attached hydrogens (tertiary/aromatic N) is 2.